The van der Waals surface area contributed by atoms with E-state index in [1.54, 1.807) is 20.4 Å². The van der Waals surface area contributed by atoms with Crippen LogP contribution >= 0.6 is 11.6 Å². The fraction of sp³-hybridized carbons (Fsp3) is 0.412. The van der Waals surface area contributed by atoms with E-state index in [9.17, 15) is 4.79 Å². The van der Waals surface area contributed by atoms with Crippen molar-refractivity contribution < 1.29 is 4.74 Å². The van der Waals surface area contributed by atoms with Crippen LogP contribution in [0.2, 0.25) is 5.02 Å². The van der Waals surface area contributed by atoms with Gasteiger partial charge in [-0.25, -0.2) is 4.68 Å². The number of aromatic nitrogens is 2. The van der Waals surface area contributed by atoms with Gasteiger partial charge >= 0.3 is 0 Å². The summed E-state index contributed by atoms with van der Waals surface area (Å²) in [6, 6.07) is 8.05. The van der Waals surface area contributed by atoms with Gasteiger partial charge in [-0.05, 0) is 24.5 Å². The van der Waals surface area contributed by atoms with Crippen LogP contribution in [0.25, 0.3) is 0 Å². The topological polar surface area (TPSA) is 59.4 Å². The van der Waals surface area contributed by atoms with Crippen LogP contribution in [0.15, 0.2) is 35.3 Å². The maximum absolute atomic E-state index is 11.8. The molecule has 1 aliphatic heterocycles. The van der Waals surface area contributed by atoms with Crippen LogP contribution in [-0.2, 0) is 7.05 Å². The molecule has 3 rings (SSSR count). The Balaban J connectivity index is 1.63. The summed E-state index contributed by atoms with van der Waals surface area (Å²) < 4.78 is 6.67. The Morgan fingerprint density at radius 2 is 2.21 bits per heavy atom. The predicted molar refractivity (Wildman–Crippen MR) is 96.3 cm³/mol. The molecule has 128 valence electrons. The van der Waals surface area contributed by atoms with E-state index in [-0.39, 0.29) is 10.6 Å². The van der Waals surface area contributed by atoms with Crippen molar-refractivity contribution in [3.05, 3.63) is 45.8 Å². The van der Waals surface area contributed by atoms with Gasteiger partial charge in [0, 0.05) is 26.7 Å². The van der Waals surface area contributed by atoms with Gasteiger partial charge in [0.1, 0.15) is 10.8 Å². The molecule has 0 amide bonds. The van der Waals surface area contributed by atoms with Crippen LogP contribution in [-0.4, -0.2) is 36.5 Å². The second-order valence-corrected chi connectivity index (χ2v) is 6.33. The fourth-order valence-electron chi connectivity index (χ4n) is 3.00. The molecule has 2 heterocycles. The molecule has 1 aromatic carbocycles. The van der Waals surface area contributed by atoms with E-state index in [1.165, 1.54) is 4.68 Å². The molecule has 1 N–H and O–H groups in total. The smallest absolute Gasteiger partial charge is 0.287 e. The standard InChI is InChI=1S/C17H21ClN4O2/c1-21-17(23)16(18)13(10-20-21)19-9-12-7-8-22(11-12)14-5-3-4-6-15(14)24-2/h3-6,10,12,19H,7-9,11H2,1-2H3/t12-/m1/s1. The number of para-hydroxylation sites is 2. The molecule has 1 atom stereocenters. The molecule has 7 heteroatoms. The molecule has 24 heavy (non-hydrogen) atoms. The van der Waals surface area contributed by atoms with Crippen LogP contribution in [0.1, 0.15) is 6.42 Å². The molecule has 1 saturated heterocycles. The first kappa shape index (κ1) is 16.6. The maximum Gasteiger partial charge on any atom is 0.287 e. The zero-order valence-corrected chi connectivity index (χ0v) is 14.6. The lowest BCUT2D eigenvalue weighted by molar-refractivity contribution is 0.414. The van der Waals surface area contributed by atoms with Gasteiger partial charge in [-0.3, -0.25) is 4.79 Å². The minimum atomic E-state index is -0.288. The summed E-state index contributed by atoms with van der Waals surface area (Å²) in [5, 5.41) is 7.45. The van der Waals surface area contributed by atoms with Crippen molar-refractivity contribution in [3.8, 4) is 5.75 Å². The van der Waals surface area contributed by atoms with Crippen molar-refractivity contribution in [2.24, 2.45) is 13.0 Å². The molecule has 1 aromatic heterocycles. The summed E-state index contributed by atoms with van der Waals surface area (Å²) >= 11 is 6.09. The molecule has 0 aliphatic carbocycles. The normalized spacial score (nSPS) is 17.1. The van der Waals surface area contributed by atoms with E-state index in [1.807, 2.05) is 18.2 Å². The van der Waals surface area contributed by atoms with Crippen molar-refractivity contribution in [1.29, 1.82) is 0 Å². The molecule has 6 nitrogen and oxygen atoms in total. The van der Waals surface area contributed by atoms with Crippen LogP contribution in [0.3, 0.4) is 0 Å². The van der Waals surface area contributed by atoms with Crippen molar-refractivity contribution >= 4 is 23.0 Å². The van der Waals surface area contributed by atoms with E-state index in [0.29, 0.717) is 11.6 Å². The lowest BCUT2D eigenvalue weighted by Crippen LogP contribution is -2.24. The molecule has 0 radical (unpaired) electrons. The Morgan fingerprint density at radius 3 is 3.00 bits per heavy atom. The number of hydrogen-bond donors (Lipinski definition) is 1. The van der Waals surface area contributed by atoms with Crippen molar-refractivity contribution in [2.75, 3.05) is 37.0 Å². The summed E-state index contributed by atoms with van der Waals surface area (Å²) in [6.45, 7) is 2.67. The number of ether oxygens (including phenoxy) is 1. The molecular weight excluding hydrogens is 328 g/mol. The highest BCUT2D eigenvalue weighted by atomic mass is 35.5. The number of aryl methyl sites for hydroxylation is 1. The SMILES string of the molecule is COc1ccccc1N1CC[C@H](CNc2cnn(C)c(=O)c2Cl)C1. The first-order valence-electron chi connectivity index (χ1n) is 7.93. The van der Waals surface area contributed by atoms with Gasteiger partial charge in [-0.1, -0.05) is 23.7 Å². The minimum Gasteiger partial charge on any atom is -0.495 e. The molecule has 0 spiro atoms. The number of benzene rings is 1. The minimum absolute atomic E-state index is 0.187. The fourth-order valence-corrected chi connectivity index (χ4v) is 3.24. The monoisotopic (exact) mass is 348 g/mol. The first-order valence-corrected chi connectivity index (χ1v) is 8.31. The largest absolute Gasteiger partial charge is 0.495 e. The number of hydrogen-bond acceptors (Lipinski definition) is 5. The summed E-state index contributed by atoms with van der Waals surface area (Å²) in [5.41, 5.74) is 1.43. The van der Waals surface area contributed by atoms with Crippen LogP contribution < -0.4 is 20.5 Å². The highest BCUT2D eigenvalue weighted by Gasteiger charge is 2.24. The molecule has 2 aromatic rings. The third kappa shape index (κ3) is 3.33. The number of nitrogens with one attached hydrogen (secondary N) is 1. The Hall–Kier alpha value is -2.21. The Morgan fingerprint density at radius 1 is 1.42 bits per heavy atom. The Labute approximate surface area is 146 Å². The third-order valence-corrected chi connectivity index (χ3v) is 4.74. The highest BCUT2D eigenvalue weighted by molar-refractivity contribution is 6.32. The second kappa shape index (κ2) is 7.13. The van der Waals surface area contributed by atoms with Gasteiger partial charge < -0.3 is 15.0 Å². The second-order valence-electron chi connectivity index (χ2n) is 5.95. The quantitative estimate of drug-likeness (QED) is 0.899. The van der Waals surface area contributed by atoms with Crippen LogP contribution in [0.5, 0.6) is 5.75 Å². The van der Waals surface area contributed by atoms with Gasteiger partial charge in [0.05, 0.1) is 24.7 Å². The highest BCUT2D eigenvalue weighted by Crippen LogP contribution is 2.32. The lowest BCUT2D eigenvalue weighted by atomic mass is 10.1. The predicted octanol–water partition coefficient (Wildman–Crippen LogP) is 2.38. The number of halogens is 1. The Bertz CT molecular complexity index is 777. The number of rotatable bonds is 5. The van der Waals surface area contributed by atoms with Gasteiger partial charge in [0.25, 0.3) is 5.56 Å². The van der Waals surface area contributed by atoms with E-state index in [0.717, 1.165) is 37.5 Å². The molecular formula is C17H21ClN4O2. The third-order valence-electron chi connectivity index (χ3n) is 4.37. The van der Waals surface area contributed by atoms with E-state index >= 15 is 0 Å². The van der Waals surface area contributed by atoms with Crippen LogP contribution in [0.4, 0.5) is 11.4 Å². The average Bonchev–Trinajstić information content (AvgIpc) is 3.08. The van der Waals surface area contributed by atoms with E-state index < -0.39 is 0 Å². The van der Waals surface area contributed by atoms with Crippen molar-refractivity contribution in [1.82, 2.24) is 9.78 Å². The molecule has 0 saturated carbocycles. The molecule has 0 bridgehead atoms. The summed E-state index contributed by atoms with van der Waals surface area (Å²) in [7, 11) is 3.28. The Kier molecular flexibility index (Phi) is 4.94. The lowest BCUT2D eigenvalue weighted by Gasteiger charge is -2.21. The summed E-state index contributed by atoms with van der Waals surface area (Å²) in [6.07, 6.45) is 2.66. The zero-order chi connectivity index (χ0) is 17.1. The number of nitrogens with zero attached hydrogens (tertiary/aromatic N) is 3. The summed E-state index contributed by atoms with van der Waals surface area (Å²) in [4.78, 5) is 14.1. The van der Waals surface area contributed by atoms with Gasteiger partial charge in [-0.2, -0.15) is 5.10 Å². The summed E-state index contributed by atoms with van der Waals surface area (Å²) in [5.74, 6) is 1.36. The van der Waals surface area contributed by atoms with E-state index in [2.05, 4.69) is 21.4 Å². The molecule has 1 fully saturated rings. The number of methoxy groups -OCH3 is 1. The molecule has 0 unspecified atom stereocenters. The molecule has 1 aliphatic rings. The van der Waals surface area contributed by atoms with Crippen molar-refractivity contribution in [2.45, 2.75) is 6.42 Å². The zero-order valence-electron chi connectivity index (χ0n) is 13.8. The van der Waals surface area contributed by atoms with Crippen LogP contribution in [0, 0.1) is 5.92 Å². The van der Waals surface area contributed by atoms with Gasteiger partial charge in [-0.15, -0.1) is 0 Å². The first-order chi connectivity index (χ1) is 11.6. The van der Waals surface area contributed by atoms with Crippen molar-refractivity contribution in [3.63, 3.8) is 0 Å². The van der Waals surface area contributed by atoms with Gasteiger partial charge in [0.2, 0.25) is 0 Å². The maximum atomic E-state index is 11.8. The average molecular weight is 349 g/mol. The van der Waals surface area contributed by atoms with Gasteiger partial charge in [0.15, 0.2) is 0 Å². The number of anilines is 2. The van der Waals surface area contributed by atoms with E-state index in [4.69, 9.17) is 16.3 Å².